The fraction of sp³-hybridized carbons (Fsp3) is 0.824. The number of hydrogen-bond donors (Lipinski definition) is 2. The van der Waals surface area contributed by atoms with Gasteiger partial charge in [0.2, 0.25) is 0 Å². The van der Waals surface area contributed by atoms with Gasteiger partial charge in [-0.1, -0.05) is 167 Å². The first kappa shape index (κ1) is 40.0. The number of rotatable bonds is 27. The molecule has 0 unspecified atom stereocenters. The van der Waals surface area contributed by atoms with Crippen LogP contribution in [0, 0.1) is 0 Å². The summed E-state index contributed by atoms with van der Waals surface area (Å²) in [7, 11) is 0. The lowest BCUT2D eigenvalue weighted by molar-refractivity contribution is 0.0696. The van der Waals surface area contributed by atoms with Crippen LogP contribution in [0.15, 0.2) is 24.5 Å². The fourth-order valence-corrected chi connectivity index (χ4v) is 4.92. The molecule has 1 aromatic heterocycles. The summed E-state index contributed by atoms with van der Waals surface area (Å²) in [5, 5.41) is 17.1. The van der Waals surface area contributed by atoms with Crippen LogP contribution < -0.4 is 0 Å². The molecule has 1 rings (SSSR count). The van der Waals surface area contributed by atoms with E-state index in [-0.39, 0.29) is 18.0 Å². The summed E-state index contributed by atoms with van der Waals surface area (Å²) in [4.78, 5) is 13.8. The van der Waals surface area contributed by atoms with Crippen LogP contribution in [-0.2, 0) is 0 Å². The highest BCUT2D eigenvalue weighted by molar-refractivity contribution is 5.86. The number of halogens is 1. The number of carboxylic acids is 1. The van der Waals surface area contributed by atoms with Gasteiger partial charge in [0.15, 0.2) is 0 Å². The molecule has 0 bridgehead atoms. The Labute approximate surface area is 248 Å². The van der Waals surface area contributed by atoms with Crippen molar-refractivity contribution in [3.8, 4) is 0 Å². The predicted molar refractivity (Wildman–Crippen MR) is 171 cm³/mol. The van der Waals surface area contributed by atoms with Crippen molar-refractivity contribution >= 4 is 18.4 Å². The van der Waals surface area contributed by atoms with Crippen molar-refractivity contribution in [3.63, 3.8) is 0 Å². The van der Waals surface area contributed by atoms with E-state index in [9.17, 15) is 4.79 Å². The molecule has 2 N–H and O–H groups in total. The quantitative estimate of drug-likeness (QED) is 0.103. The molecule has 0 amide bonds. The van der Waals surface area contributed by atoms with Crippen LogP contribution in [0.25, 0.3) is 0 Å². The zero-order valence-electron chi connectivity index (χ0n) is 25.6. The summed E-state index contributed by atoms with van der Waals surface area (Å²) in [6, 6.07) is 3.08. The zero-order valence-corrected chi connectivity index (χ0v) is 26.4. The molecule has 1 aromatic rings. The molecule has 1 heterocycles. The molecular weight excluding hydrogens is 506 g/mol. The molecule has 5 heteroatoms. The van der Waals surface area contributed by atoms with E-state index >= 15 is 0 Å². The number of carbonyl (C=O) groups is 1. The third-order valence-corrected chi connectivity index (χ3v) is 7.42. The van der Waals surface area contributed by atoms with Crippen LogP contribution >= 0.6 is 12.4 Å². The first-order valence-corrected chi connectivity index (χ1v) is 16.5. The topological polar surface area (TPSA) is 70.4 Å². The van der Waals surface area contributed by atoms with Gasteiger partial charge in [0.25, 0.3) is 0 Å². The Morgan fingerprint density at radius 2 is 0.897 bits per heavy atom. The maximum atomic E-state index is 10.2. The molecule has 230 valence electrons. The number of aromatic carboxylic acids is 1. The van der Waals surface area contributed by atoms with Crippen LogP contribution in [0.2, 0.25) is 0 Å². The molecule has 39 heavy (non-hydrogen) atoms. The van der Waals surface area contributed by atoms with Crippen LogP contribution in [0.5, 0.6) is 0 Å². The molecule has 0 aliphatic heterocycles. The molecule has 0 aromatic carbocycles. The molecular formula is C34H64ClNO3. The average Bonchev–Trinajstić information content (AvgIpc) is 2.94. The first-order chi connectivity index (χ1) is 18.7. The van der Waals surface area contributed by atoms with Gasteiger partial charge in [0.1, 0.15) is 0 Å². The van der Waals surface area contributed by atoms with Crippen LogP contribution in [0.1, 0.15) is 184 Å². The van der Waals surface area contributed by atoms with E-state index in [4.69, 9.17) is 10.2 Å². The number of unbranched alkanes of at least 4 members (excludes halogenated alkanes) is 25. The zero-order chi connectivity index (χ0) is 27.8. The number of nitrogens with zero attached hydrogens (tertiary/aromatic N) is 1. The van der Waals surface area contributed by atoms with Crippen molar-refractivity contribution in [2.45, 2.75) is 174 Å². The second-order valence-corrected chi connectivity index (χ2v) is 11.1. The lowest BCUT2D eigenvalue weighted by Crippen LogP contribution is -1.94. The molecule has 0 saturated carbocycles. The van der Waals surface area contributed by atoms with E-state index in [0.29, 0.717) is 6.61 Å². The van der Waals surface area contributed by atoms with Gasteiger partial charge in [0, 0.05) is 19.0 Å². The maximum Gasteiger partial charge on any atom is 0.337 e. The third kappa shape index (κ3) is 33.0. The smallest absolute Gasteiger partial charge is 0.337 e. The van der Waals surface area contributed by atoms with Gasteiger partial charge in [-0.2, -0.15) is 0 Å². The van der Waals surface area contributed by atoms with E-state index in [2.05, 4.69) is 11.9 Å². The van der Waals surface area contributed by atoms with E-state index in [0.717, 1.165) is 6.42 Å². The Morgan fingerprint density at radius 3 is 1.10 bits per heavy atom. The van der Waals surface area contributed by atoms with Gasteiger partial charge in [-0.3, -0.25) is 4.98 Å². The van der Waals surface area contributed by atoms with Crippen LogP contribution in [-0.4, -0.2) is 27.8 Å². The molecule has 0 saturated heterocycles. The maximum absolute atomic E-state index is 10.2. The van der Waals surface area contributed by atoms with E-state index in [1.54, 1.807) is 6.07 Å². The van der Waals surface area contributed by atoms with Crippen molar-refractivity contribution in [1.82, 2.24) is 4.98 Å². The highest BCUT2D eigenvalue weighted by Gasteiger charge is 1.98. The van der Waals surface area contributed by atoms with Crippen molar-refractivity contribution in [3.05, 3.63) is 30.1 Å². The number of carboxylic acid groups (broad SMARTS) is 1. The Balaban J connectivity index is 0. The number of aliphatic hydroxyl groups is 1. The molecule has 0 atom stereocenters. The summed E-state index contributed by atoms with van der Waals surface area (Å²) in [6.45, 7) is 2.67. The monoisotopic (exact) mass is 569 g/mol. The molecule has 0 spiro atoms. The Bertz CT molecular complexity index is 559. The summed E-state index contributed by atoms with van der Waals surface area (Å²) in [5.41, 5.74) is 0.220. The van der Waals surface area contributed by atoms with Gasteiger partial charge in [0.05, 0.1) is 5.56 Å². The van der Waals surface area contributed by atoms with Gasteiger partial charge in [-0.05, 0) is 18.6 Å². The molecule has 0 aliphatic carbocycles. The number of hydrogen-bond acceptors (Lipinski definition) is 3. The van der Waals surface area contributed by atoms with E-state index < -0.39 is 5.97 Å². The summed E-state index contributed by atoms with van der Waals surface area (Å²) in [6.07, 6.45) is 39.9. The Morgan fingerprint density at radius 1 is 0.590 bits per heavy atom. The van der Waals surface area contributed by atoms with Gasteiger partial charge in [-0.15, -0.1) is 12.4 Å². The highest BCUT2D eigenvalue weighted by Crippen LogP contribution is 2.15. The van der Waals surface area contributed by atoms with Gasteiger partial charge in [-0.25, -0.2) is 4.79 Å². The Kier molecular flexibility index (Phi) is 35.8. The molecule has 0 radical (unpaired) electrons. The number of aromatic nitrogens is 1. The minimum atomic E-state index is -0.942. The summed E-state index contributed by atoms with van der Waals surface area (Å²) >= 11 is 0. The predicted octanol–water partition coefficient (Wildman–Crippen LogP) is 11.3. The highest BCUT2D eigenvalue weighted by atomic mass is 35.5. The minimum Gasteiger partial charge on any atom is -0.478 e. The molecule has 4 nitrogen and oxygen atoms in total. The summed E-state index contributed by atoms with van der Waals surface area (Å²) < 4.78 is 0. The normalized spacial score (nSPS) is 10.5. The minimum absolute atomic E-state index is 0. The summed E-state index contributed by atoms with van der Waals surface area (Å²) in [5.74, 6) is -0.942. The van der Waals surface area contributed by atoms with Crippen molar-refractivity contribution in [2.75, 3.05) is 6.61 Å². The average molecular weight is 570 g/mol. The molecule has 0 aliphatic rings. The second-order valence-electron chi connectivity index (χ2n) is 11.1. The van der Waals surface area contributed by atoms with Gasteiger partial charge >= 0.3 is 5.97 Å². The standard InChI is InChI=1S/C28H58O.C6H5NO2.ClH/c1-2-3-4-5-6-7-8-9-10-11-12-13-14-15-16-17-18-19-20-21-22-23-24-25-26-27-28-29;8-6(9)5-2-1-3-7-4-5;/h29H,2-28H2,1H3;1-4H,(H,8,9);1H. The van der Waals surface area contributed by atoms with Crippen molar-refractivity contribution in [1.29, 1.82) is 0 Å². The van der Waals surface area contributed by atoms with Gasteiger partial charge < -0.3 is 10.2 Å². The second kappa shape index (κ2) is 34.9. The van der Waals surface area contributed by atoms with E-state index in [1.165, 1.54) is 179 Å². The van der Waals surface area contributed by atoms with Crippen LogP contribution in [0.3, 0.4) is 0 Å². The van der Waals surface area contributed by atoms with E-state index in [1.807, 2.05) is 0 Å². The van der Waals surface area contributed by atoms with Crippen molar-refractivity contribution in [2.24, 2.45) is 0 Å². The Hall–Kier alpha value is -1.13. The largest absolute Gasteiger partial charge is 0.478 e. The van der Waals surface area contributed by atoms with Crippen molar-refractivity contribution < 1.29 is 15.0 Å². The third-order valence-electron chi connectivity index (χ3n) is 7.42. The fourth-order valence-electron chi connectivity index (χ4n) is 4.92. The molecule has 0 fully saturated rings. The van der Waals surface area contributed by atoms with Crippen LogP contribution in [0.4, 0.5) is 0 Å². The SMILES string of the molecule is CCCCCCCCCCCCCCCCCCCCCCCCCCCCO.Cl.O=C(O)c1cccnc1. The lowest BCUT2D eigenvalue weighted by atomic mass is 10.0. The number of pyridine rings is 1. The number of aliphatic hydroxyl groups excluding tert-OH is 1. The first-order valence-electron chi connectivity index (χ1n) is 16.5. The lowest BCUT2D eigenvalue weighted by Gasteiger charge is -2.04.